The molecule has 1 N–H and O–H groups in total. The van der Waals surface area contributed by atoms with Gasteiger partial charge in [0.25, 0.3) is 11.7 Å². The summed E-state index contributed by atoms with van der Waals surface area (Å²) in [4.78, 5) is 27.4. The van der Waals surface area contributed by atoms with Gasteiger partial charge in [0.2, 0.25) is 0 Å². The van der Waals surface area contributed by atoms with Crippen molar-refractivity contribution in [3.63, 3.8) is 0 Å². The van der Waals surface area contributed by atoms with E-state index in [2.05, 4.69) is 0 Å². The number of aliphatic hydroxyl groups is 1. The van der Waals surface area contributed by atoms with E-state index in [0.717, 1.165) is 34.6 Å². The number of amides is 1. The highest BCUT2D eigenvalue weighted by Gasteiger charge is 2.47. The van der Waals surface area contributed by atoms with Crippen LogP contribution in [0, 0.1) is 17.5 Å². The quantitative estimate of drug-likeness (QED) is 0.236. The Morgan fingerprint density at radius 1 is 0.794 bits per heavy atom. The summed E-state index contributed by atoms with van der Waals surface area (Å²) in [7, 11) is 0. The van der Waals surface area contributed by atoms with E-state index in [-0.39, 0.29) is 16.8 Å². The average Bonchev–Trinajstić information content (AvgIpc) is 3.10. The van der Waals surface area contributed by atoms with Gasteiger partial charge in [-0.1, -0.05) is 42.5 Å². The van der Waals surface area contributed by atoms with Gasteiger partial charge in [0.05, 0.1) is 11.6 Å². The van der Waals surface area contributed by atoms with E-state index in [4.69, 9.17) is 0 Å². The van der Waals surface area contributed by atoms with Crippen LogP contribution in [0.1, 0.15) is 17.2 Å². The van der Waals surface area contributed by atoms with Crippen LogP contribution in [0.15, 0.2) is 90.5 Å². The van der Waals surface area contributed by atoms with Gasteiger partial charge >= 0.3 is 0 Å². The first kappa shape index (κ1) is 21.5. The van der Waals surface area contributed by atoms with Crippen molar-refractivity contribution >= 4 is 33.9 Å². The molecular weight excluding hydrogens is 443 g/mol. The number of carbonyl (C=O) groups is 2. The van der Waals surface area contributed by atoms with Crippen molar-refractivity contribution in [2.24, 2.45) is 0 Å². The van der Waals surface area contributed by atoms with E-state index in [1.54, 1.807) is 24.3 Å². The zero-order chi connectivity index (χ0) is 24.0. The molecule has 4 nitrogen and oxygen atoms in total. The molecule has 0 bridgehead atoms. The Morgan fingerprint density at radius 2 is 1.50 bits per heavy atom. The Balaban J connectivity index is 1.81. The minimum atomic E-state index is -1.19. The molecule has 1 heterocycles. The third kappa shape index (κ3) is 3.42. The summed E-state index contributed by atoms with van der Waals surface area (Å²) in [5.41, 5.74) is 0.357. The number of ketones is 1. The number of benzene rings is 4. The number of nitrogens with zero attached hydrogens (tertiary/aromatic N) is 1. The number of halogens is 3. The Kier molecular flexibility index (Phi) is 5.17. The molecule has 0 saturated carbocycles. The van der Waals surface area contributed by atoms with Crippen LogP contribution in [0.3, 0.4) is 0 Å². The largest absolute Gasteiger partial charge is 0.507 e. The van der Waals surface area contributed by atoms with Gasteiger partial charge < -0.3 is 5.11 Å². The monoisotopic (exact) mass is 459 g/mol. The molecule has 1 amide bonds. The lowest BCUT2D eigenvalue weighted by molar-refractivity contribution is -0.132. The van der Waals surface area contributed by atoms with Crippen molar-refractivity contribution in [1.82, 2.24) is 0 Å². The van der Waals surface area contributed by atoms with Gasteiger partial charge in [-0.2, -0.15) is 0 Å². The van der Waals surface area contributed by atoms with Gasteiger partial charge in [-0.3, -0.25) is 14.5 Å². The first-order chi connectivity index (χ1) is 16.4. The molecular formula is C27H16F3NO3. The second-order valence-electron chi connectivity index (χ2n) is 7.84. The molecule has 1 atom stereocenters. The molecule has 1 aliphatic heterocycles. The Morgan fingerprint density at radius 3 is 2.24 bits per heavy atom. The molecule has 4 aromatic carbocycles. The molecule has 0 spiro atoms. The highest BCUT2D eigenvalue weighted by molar-refractivity contribution is 6.51. The maximum Gasteiger partial charge on any atom is 0.300 e. The number of Topliss-reactive ketones (excluding diaryl/α,β-unsaturated/α-hetero) is 1. The number of anilines is 1. The first-order valence-electron chi connectivity index (χ1n) is 10.4. The molecule has 1 fully saturated rings. The van der Waals surface area contributed by atoms with Crippen LogP contribution >= 0.6 is 0 Å². The summed E-state index contributed by atoms with van der Waals surface area (Å²) < 4.78 is 41.2. The van der Waals surface area contributed by atoms with E-state index in [1.807, 2.05) is 18.2 Å². The third-order valence-corrected chi connectivity index (χ3v) is 5.86. The van der Waals surface area contributed by atoms with Gasteiger partial charge in [0.1, 0.15) is 11.6 Å². The fraction of sp³-hybridized carbons (Fsp3) is 0.0370. The van der Waals surface area contributed by atoms with E-state index in [1.165, 1.54) is 18.2 Å². The fourth-order valence-electron chi connectivity index (χ4n) is 4.28. The van der Waals surface area contributed by atoms with Crippen molar-refractivity contribution in [3.8, 4) is 0 Å². The average molecular weight is 459 g/mol. The van der Waals surface area contributed by atoms with Crippen LogP contribution in [0.25, 0.3) is 16.5 Å². The summed E-state index contributed by atoms with van der Waals surface area (Å²) in [6.45, 7) is 0. The van der Waals surface area contributed by atoms with Crippen LogP contribution in [0.4, 0.5) is 18.9 Å². The summed E-state index contributed by atoms with van der Waals surface area (Å²) in [6.07, 6.45) is 0. The number of fused-ring (bicyclic) bond motifs is 1. The van der Waals surface area contributed by atoms with Crippen LogP contribution < -0.4 is 4.90 Å². The van der Waals surface area contributed by atoms with Crippen LogP contribution in [0.5, 0.6) is 0 Å². The lowest BCUT2D eigenvalue weighted by atomic mass is 9.91. The van der Waals surface area contributed by atoms with Crippen molar-refractivity contribution in [3.05, 3.63) is 119 Å². The Bertz CT molecular complexity index is 1490. The highest BCUT2D eigenvalue weighted by atomic mass is 19.2. The van der Waals surface area contributed by atoms with Crippen molar-refractivity contribution in [2.45, 2.75) is 6.04 Å². The van der Waals surface area contributed by atoms with E-state index in [9.17, 15) is 27.9 Å². The maximum atomic E-state index is 14.1. The molecule has 7 heteroatoms. The Hall–Kier alpha value is -4.39. The number of aliphatic hydroxyl groups excluding tert-OH is 1. The maximum absolute atomic E-state index is 14.1. The molecule has 168 valence electrons. The topological polar surface area (TPSA) is 57.6 Å². The number of hydrogen-bond acceptors (Lipinski definition) is 3. The first-order valence-corrected chi connectivity index (χ1v) is 10.4. The molecule has 34 heavy (non-hydrogen) atoms. The number of rotatable bonds is 3. The van der Waals surface area contributed by atoms with E-state index in [0.29, 0.717) is 10.9 Å². The molecule has 1 saturated heterocycles. The van der Waals surface area contributed by atoms with Crippen molar-refractivity contribution in [1.29, 1.82) is 0 Å². The molecule has 1 aliphatic rings. The number of hydrogen-bond donors (Lipinski definition) is 1. The summed E-state index contributed by atoms with van der Waals surface area (Å²) >= 11 is 0. The SMILES string of the molecule is O=C1C(=O)N(c2ccc(F)c(F)c2)C(c2cccc3ccccc23)/C1=C(/O)c1ccc(F)cc1. The highest BCUT2D eigenvalue weighted by Crippen LogP contribution is 2.44. The standard InChI is InChI=1S/C27H16F3NO3/c28-17-10-8-16(9-11-17)25(32)23-24(20-7-3-5-15-4-1-2-6-19(15)20)31(27(34)26(23)33)18-12-13-21(29)22(30)14-18/h1-14,24,32H/b25-23-. The van der Waals surface area contributed by atoms with Crippen molar-refractivity contribution < 1.29 is 27.9 Å². The lowest BCUT2D eigenvalue weighted by Crippen LogP contribution is -2.29. The minimum absolute atomic E-state index is 0.0444. The third-order valence-electron chi connectivity index (χ3n) is 5.86. The smallest absolute Gasteiger partial charge is 0.300 e. The van der Waals surface area contributed by atoms with E-state index >= 15 is 0 Å². The zero-order valence-electron chi connectivity index (χ0n) is 17.5. The second kappa shape index (κ2) is 8.19. The van der Waals surface area contributed by atoms with Gasteiger partial charge in [-0.25, -0.2) is 13.2 Å². The van der Waals surface area contributed by atoms with Crippen molar-refractivity contribution in [2.75, 3.05) is 4.90 Å². The van der Waals surface area contributed by atoms with Crippen LogP contribution in [0.2, 0.25) is 0 Å². The molecule has 5 rings (SSSR count). The number of carbonyl (C=O) groups excluding carboxylic acids is 2. The lowest BCUT2D eigenvalue weighted by Gasteiger charge is -2.26. The summed E-state index contributed by atoms with van der Waals surface area (Å²) in [5.74, 6) is -5.33. The molecule has 0 aromatic heterocycles. The molecule has 0 radical (unpaired) electrons. The van der Waals surface area contributed by atoms with Crippen LogP contribution in [-0.4, -0.2) is 16.8 Å². The molecule has 4 aromatic rings. The van der Waals surface area contributed by atoms with Gasteiger partial charge in [-0.05, 0) is 52.7 Å². The molecule has 1 unspecified atom stereocenters. The zero-order valence-corrected chi connectivity index (χ0v) is 17.5. The normalized spacial score (nSPS) is 17.5. The minimum Gasteiger partial charge on any atom is -0.507 e. The summed E-state index contributed by atoms with van der Waals surface area (Å²) in [6, 6.07) is 19.1. The fourth-order valence-corrected chi connectivity index (χ4v) is 4.28. The second-order valence-corrected chi connectivity index (χ2v) is 7.84. The van der Waals surface area contributed by atoms with Gasteiger partial charge in [0, 0.05) is 17.3 Å². The van der Waals surface area contributed by atoms with Gasteiger partial charge in [-0.15, -0.1) is 0 Å². The summed E-state index contributed by atoms with van der Waals surface area (Å²) in [5, 5.41) is 12.6. The van der Waals surface area contributed by atoms with Gasteiger partial charge in [0.15, 0.2) is 11.6 Å². The molecule has 0 aliphatic carbocycles. The van der Waals surface area contributed by atoms with Crippen LogP contribution in [-0.2, 0) is 9.59 Å². The van der Waals surface area contributed by atoms with E-state index < -0.39 is 40.9 Å². The predicted octanol–water partition coefficient (Wildman–Crippen LogP) is 5.88. The Labute approximate surface area is 192 Å². The predicted molar refractivity (Wildman–Crippen MR) is 121 cm³/mol.